The lowest BCUT2D eigenvalue weighted by Gasteiger charge is -1.97. The number of hydrogen-bond donors (Lipinski definition) is 1. The standard InChI is InChI=1S/C12H13N3O4S/c1-4-18-11(17)9-7(3)13-12(20-9)14-10(16)8-5-6(2)19-15-8/h5H,4H2,1-3H3,(H,13,14,16). The summed E-state index contributed by atoms with van der Waals surface area (Å²) in [5, 5.41) is 6.49. The molecule has 2 aromatic rings. The number of rotatable bonds is 4. The van der Waals surface area contributed by atoms with Gasteiger partial charge in [0.25, 0.3) is 5.91 Å². The van der Waals surface area contributed by atoms with E-state index in [2.05, 4.69) is 15.5 Å². The van der Waals surface area contributed by atoms with Crippen LogP contribution >= 0.6 is 11.3 Å². The van der Waals surface area contributed by atoms with Crippen molar-refractivity contribution in [1.82, 2.24) is 10.1 Å². The molecule has 106 valence electrons. The van der Waals surface area contributed by atoms with E-state index in [4.69, 9.17) is 9.26 Å². The normalized spacial score (nSPS) is 10.3. The van der Waals surface area contributed by atoms with Crippen LogP contribution in [-0.4, -0.2) is 28.6 Å². The summed E-state index contributed by atoms with van der Waals surface area (Å²) in [7, 11) is 0. The van der Waals surface area contributed by atoms with Gasteiger partial charge >= 0.3 is 5.97 Å². The van der Waals surface area contributed by atoms with E-state index in [-0.39, 0.29) is 12.3 Å². The van der Waals surface area contributed by atoms with Gasteiger partial charge < -0.3 is 9.26 Å². The van der Waals surface area contributed by atoms with Crippen LogP contribution in [0, 0.1) is 13.8 Å². The Hall–Kier alpha value is -2.22. The predicted octanol–water partition coefficient (Wildman–Crippen LogP) is 2.18. The van der Waals surface area contributed by atoms with E-state index in [0.29, 0.717) is 21.5 Å². The Kier molecular flexibility index (Phi) is 4.14. The lowest BCUT2D eigenvalue weighted by molar-refractivity contribution is 0.0531. The zero-order valence-corrected chi connectivity index (χ0v) is 12.0. The molecule has 8 heteroatoms. The molecular formula is C12H13N3O4S. The summed E-state index contributed by atoms with van der Waals surface area (Å²) < 4.78 is 9.73. The maximum absolute atomic E-state index is 11.9. The molecule has 0 spiro atoms. The first-order chi connectivity index (χ1) is 9.51. The fourth-order valence-corrected chi connectivity index (χ4v) is 2.33. The molecule has 0 saturated carbocycles. The SMILES string of the molecule is CCOC(=O)c1sc(NC(=O)c2cc(C)on2)nc1C. The highest BCUT2D eigenvalue weighted by Crippen LogP contribution is 2.23. The molecule has 2 aromatic heterocycles. The lowest BCUT2D eigenvalue weighted by Crippen LogP contribution is -2.11. The van der Waals surface area contributed by atoms with Crippen molar-refractivity contribution in [3.63, 3.8) is 0 Å². The first-order valence-electron chi connectivity index (χ1n) is 5.90. The average Bonchev–Trinajstić information content (AvgIpc) is 2.96. The molecule has 0 atom stereocenters. The third-order valence-electron chi connectivity index (χ3n) is 2.34. The smallest absolute Gasteiger partial charge is 0.350 e. The fourth-order valence-electron chi connectivity index (χ4n) is 1.47. The van der Waals surface area contributed by atoms with Crippen molar-refractivity contribution in [3.05, 3.63) is 28.1 Å². The lowest BCUT2D eigenvalue weighted by atomic mass is 10.3. The van der Waals surface area contributed by atoms with E-state index >= 15 is 0 Å². The van der Waals surface area contributed by atoms with Gasteiger partial charge in [0.05, 0.1) is 12.3 Å². The number of thiazole rings is 1. The third-order valence-corrected chi connectivity index (χ3v) is 3.39. The van der Waals surface area contributed by atoms with Gasteiger partial charge in [-0.15, -0.1) is 0 Å². The molecule has 0 aliphatic rings. The zero-order chi connectivity index (χ0) is 14.7. The second-order valence-corrected chi connectivity index (χ2v) is 4.93. The molecule has 0 fully saturated rings. The molecule has 0 saturated heterocycles. The Morgan fingerprint density at radius 2 is 2.20 bits per heavy atom. The summed E-state index contributed by atoms with van der Waals surface area (Å²) >= 11 is 1.06. The predicted molar refractivity (Wildman–Crippen MR) is 72.0 cm³/mol. The maximum atomic E-state index is 11.9. The number of nitrogens with zero attached hydrogens (tertiary/aromatic N) is 2. The molecule has 1 amide bonds. The van der Waals surface area contributed by atoms with E-state index in [1.54, 1.807) is 20.8 Å². The number of hydrogen-bond acceptors (Lipinski definition) is 7. The topological polar surface area (TPSA) is 94.3 Å². The Balaban J connectivity index is 2.12. The summed E-state index contributed by atoms with van der Waals surface area (Å²) in [6.45, 7) is 5.38. The van der Waals surface area contributed by atoms with E-state index in [1.807, 2.05) is 0 Å². The molecule has 2 heterocycles. The van der Waals surface area contributed by atoms with Crippen LogP contribution in [0.1, 0.15) is 38.5 Å². The van der Waals surface area contributed by atoms with Gasteiger partial charge in [0.2, 0.25) is 0 Å². The Morgan fingerprint density at radius 3 is 2.80 bits per heavy atom. The number of aryl methyl sites for hydroxylation is 2. The van der Waals surface area contributed by atoms with Gasteiger partial charge in [-0.3, -0.25) is 10.1 Å². The van der Waals surface area contributed by atoms with Crippen LogP contribution in [0.4, 0.5) is 5.13 Å². The molecule has 0 bridgehead atoms. The first kappa shape index (κ1) is 14.2. The monoisotopic (exact) mass is 295 g/mol. The van der Waals surface area contributed by atoms with E-state index in [9.17, 15) is 9.59 Å². The summed E-state index contributed by atoms with van der Waals surface area (Å²) in [6, 6.07) is 1.52. The van der Waals surface area contributed by atoms with Crippen LogP contribution in [-0.2, 0) is 4.74 Å². The van der Waals surface area contributed by atoms with Crippen molar-refractivity contribution < 1.29 is 18.8 Å². The number of amides is 1. The summed E-state index contributed by atoms with van der Waals surface area (Å²) in [5.41, 5.74) is 0.674. The molecular weight excluding hydrogens is 282 g/mol. The minimum absolute atomic E-state index is 0.160. The molecule has 0 aliphatic carbocycles. The van der Waals surface area contributed by atoms with Crippen molar-refractivity contribution >= 4 is 28.3 Å². The number of carbonyl (C=O) groups excluding carboxylic acids is 2. The highest BCUT2D eigenvalue weighted by molar-refractivity contribution is 7.17. The average molecular weight is 295 g/mol. The molecule has 0 unspecified atom stereocenters. The quantitative estimate of drug-likeness (QED) is 0.869. The second kappa shape index (κ2) is 5.83. The highest BCUT2D eigenvalue weighted by atomic mass is 32.1. The van der Waals surface area contributed by atoms with Gasteiger partial charge in [0, 0.05) is 6.07 Å². The van der Waals surface area contributed by atoms with Gasteiger partial charge in [-0.25, -0.2) is 9.78 Å². The van der Waals surface area contributed by atoms with E-state index in [0.717, 1.165) is 11.3 Å². The van der Waals surface area contributed by atoms with Gasteiger partial charge in [-0.1, -0.05) is 16.5 Å². The van der Waals surface area contributed by atoms with E-state index in [1.165, 1.54) is 6.07 Å². The molecule has 0 aliphatic heterocycles. The van der Waals surface area contributed by atoms with Crippen molar-refractivity contribution in [2.45, 2.75) is 20.8 Å². The van der Waals surface area contributed by atoms with Crippen molar-refractivity contribution in [1.29, 1.82) is 0 Å². The van der Waals surface area contributed by atoms with Crippen molar-refractivity contribution in [2.24, 2.45) is 0 Å². The van der Waals surface area contributed by atoms with Crippen molar-refractivity contribution in [2.75, 3.05) is 11.9 Å². The van der Waals surface area contributed by atoms with Crippen LogP contribution in [0.25, 0.3) is 0 Å². The van der Waals surface area contributed by atoms with Gasteiger partial charge in [-0.05, 0) is 20.8 Å². The highest BCUT2D eigenvalue weighted by Gasteiger charge is 2.19. The van der Waals surface area contributed by atoms with Crippen LogP contribution in [0.2, 0.25) is 0 Å². The number of aromatic nitrogens is 2. The molecule has 7 nitrogen and oxygen atoms in total. The maximum Gasteiger partial charge on any atom is 0.350 e. The minimum atomic E-state index is -0.444. The summed E-state index contributed by atoms with van der Waals surface area (Å²) in [5.74, 6) is -0.344. The molecule has 1 N–H and O–H groups in total. The van der Waals surface area contributed by atoms with Crippen LogP contribution in [0.3, 0.4) is 0 Å². The third kappa shape index (κ3) is 3.02. The van der Waals surface area contributed by atoms with Gasteiger partial charge in [-0.2, -0.15) is 0 Å². The Morgan fingerprint density at radius 1 is 1.45 bits per heavy atom. The van der Waals surface area contributed by atoms with Gasteiger partial charge in [0.1, 0.15) is 10.6 Å². The molecule has 2 rings (SSSR count). The Bertz CT molecular complexity index is 647. The zero-order valence-electron chi connectivity index (χ0n) is 11.2. The number of carbonyl (C=O) groups is 2. The van der Waals surface area contributed by atoms with Crippen LogP contribution < -0.4 is 5.32 Å². The number of esters is 1. The fraction of sp³-hybridized carbons (Fsp3) is 0.333. The minimum Gasteiger partial charge on any atom is -0.462 e. The van der Waals surface area contributed by atoms with Crippen LogP contribution in [0.15, 0.2) is 10.6 Å². The first-order valence-corrected chi connectivity index (χ1v) is 6.72. The largest absolute Gasteiger partial charge is 0.462 e. The van der Waals surface area contributed by atoms with E-state index < -0.39 is 11.9 Å². The number of anilines is 1. The Labute approximate surface area is 118 Å². The number of nitrogens with one attached hydrogen (secondary N) is 1. The summed E-state index contributed by atoms with van der Waals surface area (Å²) in [6.07, 6.45) is 0. The molecule has 20 heavy (non-hydrogen) atoms. The summed E-state index contributed by atoms with van der Waals surface area (Å²) in [4.78, 5) is 28.0. The molecule has 0 radical (unpaired) electrons. The molecule has 0 aromatic carbocycles. The second-order valence-electron chi connectivity index (χ2n) is 3.93. The van der Waals surface area contributed by atoms with Crippen molar-refractivity contribution in [3.8, 4) is 0 Å². The van der Waals surface area contributed by atoms with Gasteiger partial charge in [0.15, 0.2) is 10.8 Å². The van der Waals surface area contributed by atoms with Crippen LogP contribution in [0.5, 0.6) is 0 Å². The number of ether oxygens (including phenoxy) is 1.